The highest BCUT2D eigenvalue weighted by Crippen LogP contribution is 2.36. The first-order valence-corrected chi connectivity index (χ1v) is 12.7. The Hall–Kier alpha value is -4.11. The van der Waals surface area contributed by atoms with Crippen molar-refractivity contribution in [2.75, 3.05) is 26.6 Å². The van der Waals surface area contributed by atoms with Crippen LogP contribution in [-0.2, 0) is 16.0 Å². The zero-order valence-electron chi connectivity index (χ0n) is 21.8. The lowest BCUT2D eigenvalue weighted by Gasteiger charge is -2.28. The number of nitrogens with one attached hydrogen (secondary N) is 1. The first-order valence-electron chi connectivity index (χ1n) is 12.7. The summed E-state index contributed by atoms with van der Waals surface area (Å²) in [6, 6.07) is 16.9. The summed E-state index contributed by atoms with van der Waals surface area (Å²) in [4.78, 5) is 16.5. The highest BCUT2D eigenvalue weighted by molar-refractivity contribution is 5.94. The summed E-state index contributed by atoms with van der Waals surface area (Å²) < 4.78 is 23.8. The Balaban J connectivity index is 1.48. The lowest BCUT2D eigenvalue weighted by molar-refractivity contribution is 0.0600. The number of pyridine rings is 1. The lowest BCUT2D eigenvalue weighted by atomic mass is 9.93. The molecule has 0 atom stereocenters. The molecule has 0 aliphatic heterocycles. The molecule has 2 aromatic carbocycles. The normalized spacial score (nSPS) is 17.2. The molecule has 0 saturated heterocycles. The van der Waals surface area contributed by atoms with Crippen molar-refractivity contribution < 1.29 is 23.7 Å². The molecule has 2 aromatic heterocycles. The van der Waals surface area contributed by atoms with Gasteiger partial charge < -0.3 is 24.3 Å². The third kappa shape index (κ3) is 5.57. The van der Waals surface area contributed by atoms with Gasteiger partial charge in [0.15, 0.2) is 11.5 Å². The molecule has 5 rings (SSSR count). The largest absolute Gasteiger partial charge is 0.497 e. The van der Waals surface area contributed by atoms with Crippen LogP contribution in [0.3, 0.4) is 0 Å². The number of anilines is 1. The Morgan fingerprint density at radius 1 is 0.947 bits per heavy atom. The predicted octanol–water partition coefficient (Wildman–Crippen LogP) is 5.44. The average molecular weight is 517 g/mol. The van der Waals surface area contributed by atoms with Crippen LogP contribution in [0, 0.1) is 0 Å². The molecule has 0 radical (unpaired) electrons. The average Bonchev–Trinajstić information content (AvgIpc) is 3.31. The standard InChI is InChI=1S/C29H32N4O5/c1-35-22-10-4-19(5-11-22)18-33-28-26(27(32-33)31-21-8-14-23(36-2)15-9-21)25(16-17-30-28)38-24-12-6-20(7-13-24)29(34)37-3/h4-7,10-13,16-17,21,23H,8-9,14-15,18H2,1-3H3,(H,31,32)/t21-,23-. The van der Waals surface area contributed by atoms with Crippen LogP contribution in [0.1, 0.15) is 41.6 Å². The second-order valence-electron chi connectivity index (χ2n) is 9.33. The smallest absolute Gasteiger partial charge is 0.337 e. The van der Waals surface area contributed by atoms with E-state index >= 15 is 0 Å². The maximum Gasteiger partial charge on any atom is 0.337 e. The molecule has 0 bridgehead atoms. The van der Waals surface area contributed by atoms with E-state index in [9.17, 15) is 4.79 Å². The van der Waals surface area contributed by atoms with Gasteiger partial charge in [0.25, 0.3) is 0 Å². The van der Waals surface area contributed by atoms with Crippen LogP contribution in [0.15, 0.2) is 60.8 Å². The Kier molecular flexibility index (Phi) is 7.74. The van der Waals surface area contributed by atoms with Gasteiger partial charge in [-0.2, -0.15) is 5.10 Å². The Morgan fingerprint density at radius 2 is 1.66 bits per heavy atom. The van der Waals surface area contributed by atoms with Crippen molar-refractivity contribution in [2.24, 2.45) is 0 Å². The van der Waals surface area contributed by atoms with Crippen molar-refractivity contribution >= 4 is 22.8 Å². The van der Waals surface area contributed by atoms with E-state index in [0.717, 1.165) is 53.8 Å². The van der Waals surface area contributed by atoms with E-state index in [1.54, 1.807) is 44.7 Å². The molecule has 1 saturated carbocycles. The molecule has 2 heterocycles. The Labute approximate surface area is 221 Å². The first-order chi connectivity index (χ1) is 18.6. The zero-order valence-corrected chi connectivity index (χ0v) is 21.8. The van der Waals surface area contributed by atoms with Crippen molar-refractivity contribution in [1.29, 1.82) is 0 Å². The van der Waals surface area contributed by atoms with Crippen molar-refractivity contribution in [3.8, 4) is 17.2 Å². The fourth-order valence-corrected chi connectivity index (χ4v) is 4.81. The molecule has 38 heavy (non-hydrogen) atoms. The minimum atomic E-state index is -0.391. The number of ether oxygens (including phenoxy) is 4. The lowest BCUT2D eigenvalue weighted by Crippen LogP contribution is -2.29. The molecule has 9 nitrogen and oxygen atoms in total. The number of nitrogens with zero attached hydrogens (tertiary/aromatic N) is 3. The number of methoxy groups -OCH3 is 3. The molecule has 9 heteroatoms. The van der Waals surface area contributed by atoms with Gasteiger partial charge in [0.05, 0.1) is 32.4 Å². The summed E-state index contributed by atoms with van der Waals surface area (Å²) in [6.45, 7) is 0.545. The first kappa shape index (κ1) is 25.5. The molecule has 1 fully saturated rings. The fraction of sp³-hybridized carbons (Fsp3) is 0.345. The highest BCUT2D eigenvalue weighted by Gasteiger charge is 2.24. The summed E-state index contributed by atoms with van der Waals surface area (Å²) in [7, 11) is 4.79. The van der Waals surface area contributed by atoms with Gasteiger partial charge in [0, 0.05) is 25.4 Å². The van der Waals surface area contributed by atoms with E-state index in [1.165, 1.54) is 7.11 Å². The second kappa shape index (κ2) is 11.5. The van der Waals surface area contributed by atoms with Gasteiger partial charge in [-0.3, -0.25) is 0 Å². The fourth-order valence-electron chi connectivity index (χ4n) is 4.81. The molecule has 0 spiro atoms. The molecule has 4 aromatic rings. The number of carbonyl (C=O) groups is 1. The SMILES string of the molecule is COC(=O)c1ccc(Oc2ccnc3c2c(N[C@H]2CC[C@H](OC)CC2)nn3Cc2ccc(OC)cc2)cc1. The van der Waals surface area contributed by atoms with Crippen molar-refractivity contribution in [3.63, 3.8) is 0 Å². The predicted molar refractivity (Wildman–Crippen MR) is 144 cm³/mol. The highest BCUT2D eigenvalue weighted by atomic mass is 16.5. The van der Waals surface area contributed by atoms with Crippen LogP contribution in [0.2, 0.25) is 0 Å². The van der Waals surface area contributed by atoms with E-state index in [2.05, 4.69) is 10.3 Å². The van der Waals surface area contributed by atoms with E-state index in [0.29, 0.717) is 29.7 Å². The van der Waals surface area contributed by atoms with E-state index in [4.69, 9.17) is 24.0 Å². The summed E-state index contributed by atoms with van der Waals surface area (Å²) in [6.07, 6.45) is 6.04. The number of carbonyl (C=O) groups excluding carboxylic acids is 1. The number of fused-ring (bicyclic) bond motifs is 1. The number of rotatable bonds is 9. The van der Waals surface area contributed by atoms with Crippen molar-refractivity contribution in [3.05, 3.63) is 71.9 Å². The van der Waals surface area contributed by atoms with Crippen LogP contribution in [0.5, 0.6) is 17.2 Å². The van der Waals surface area contributed by atoms with Crippen molar-refractivity contribution in [1.82, 2.24) is 14.8 Å². The number of aromatic nitrogens is 3. The number of esters is 1. The second-order valence-corrected chi connectivity index (χ2v) is 9.33. The third-order valence-electron chi connectivity index (χ3n) is 6.94. The maximum atomic E-state index is 11.8. The molecule has 0 amide bonds. The van der Waals surface area contributed by atoms with Gasteiger partial charge in [-0.05, 0) is 67.6 Å². The topological polar surface area (TPSA) is 96.7 Å². The minimum Gasteiger partial charge on any atom is -0.497 e. The van der Waals surface area contributed by atoms with Gasteiger partial charge >= 0.3 is 5.97 Å². The number of hydrogen-bond acceptors (Lipinski definition) is 8. The van der Waals surface area contributed by atoms with Crippen LogP contribution < -0.4 is 14.8 Å². The molecular formula is C29H32N4O5. The Morgan fingerprint density at radius 3 is 2.32 bits per heavy atom. The minimum absolute atomic E-state index is 0.279. The van der Waals surface area contributed by atoms with Gasteiger partial charge in [-0.15, -0.1) is 0 Å². The molecular weight excluding hydrogens is 484 g/mol. The maximum absolute atomic E-state index is 11.8. The van der Waals surface area contributed by atoms with Gasteiger partial charge in [0.2, 0.25) is 0 Å². The van der Waals surface area contributed by atoms with Gasteiger partial charge in [-0.1, -0.05) is 12.1 Å². The van der Waals surface area contributed by atoms with E-state index < -0.39 is 5.97 Å². The monoisotopic (exact) mass is 516 g/mol. The van der Waals surface area contributed by atoms with Crippen molar-refractivity contribution in [2.45, 2.75) is 44.4 Å². The van der Waals surface area contributed by atoms with Crippen LogP contribution >= 0.6 is 0 Å². The van der Waals surface area contributed by atoms with Gasteiger partial charge in [-0.25, -0.2) is 14.5 Å². The Bertz CT molecular complexity index is 1380. The van der Waals surface area contributed by atoms with E-state index in [-0.39, 0.29) is 6.04 Å². The molecule has 1 aliphatic carbocycles. The zero-order chi connectivity index (χ0) is 26.5. The summed E-state index contributed by atoms with van der Waals surface area (Å²) >= 11 is 0. The molecule has 0 unspecified atom stereocenters. The van der Waals surface area contributed by atoms with Crippen LogP contribution in [-0.4, -0.2) is 54.2 Å². The molecule has 198 valence electrons. The van der Waals surface area contributed by atoms with Gasteiger partial charge in [0.1, 0.15) is 22.6 Å². The van der Waals surface area contributed by atoms with Crippen LogP contribution in [0.4, 0.5) is 5.82 Å². The third-order valence-corrected chi connectivity index (χ3v) is 6.94. The molecule has 1 aliphatic rings. The quantitative estimate of drug-likeness (QED) is 0.294. The van der Waals surface area contributed by atoms with E-state index in [1.807, 2.05) is 35.0 Å². The summed E-state index contributed by atoms with van der Waals surface area (Å²) in [5, 5.41) is 9.42. The molecule has 1 N–H and O–H groups in total. The number of benzene rings is 2. The summed E-state index contributed by atoms with van der Waals surface area (Å²) in [5.74, 6) is 2.38. The summed E-state index contributed by atoms with van der Waals surface area (Å²) in [5.41, 5.74) is 2.26. The van der Waals surface area contributed by atoms with Crippen LogP contribution in [0.25, 0.3) is 11.0 Å². The number of hydrogen-bond donors (Lipinski definition) is 1.